The summed E-state index contributed by atoms with van der Waals surface area (Å²) in [6.07, 6.45) is -2.70. The first-order chi connectivity index (χ1) is 13.8. The number of aryl methyl sites for hydroxylation is 1. The summed E-state index contributed by atoms with van der Waals surface area (Å²) in [6.45, 7) is 1.98. The summed E-state index contributed by atoms with van der Waals surface area (Å²) < 4.78 is 44.2. The normalized spacial score (nSPS) is 11.2. The molecule has 1 aromatic heterocycles. The van der Waals surface area contributed by atoms with Crippen LogP contribution in [0, 0.1) is 10.1 Å². The maximum atomic E-state index is 12.9. The van der Waals surface area contributed by atoms with Crippen LogP contribution in [0.5, 0.6) is 11.6 Å². The Hall–Kier alpha value is -3.69. The molecule has 0 radical (unpaired) electrons. The number of rotatable bonds is 6. The van der Waals surface area contributed by atoms with Gasteiger partial charge in [0.1, 0.15) is 12.1 Å². The molecular weight excluding hydrogens is 389 g/mol. The first kappa shape index (κ1) is 20.1. The lowest BCUT2D eigenvalue weighted by atomic mass is 10.2. The van der Waals surface area contributed by atoms with Gasteiger partial charge in [-0.3, -0.25) is 10.1 Å². The summed E-state index contributed by atoms with van der Waals surface area (Å²) >= 11 is 0. The number of nitrogens with one attached hydrogen (secondary N) is 1. The number of ether oxygens (including phenoxy) is 1. The van der Waals surface area contributed by atoms with Crippen LogP contribution in [-0.4, -0.2) is 14.9 Å². The highest BCUT2D eigenvalue weighted by Gasteiger charge is 2.31. The maximum absolute atomic E-state index is 12.9. The van der Waals surface area contributed by atoms with Crippen LogP contribution < -0.4 is 10.1 Å². The molecule has 0 spiro atoms. The number of aromatic nitrogens is 2. The molecule has 0 amide bonds. The fraction of sp³-hybridized carbons (Fsp3) is 0.158. The first-order valence-electron chi connectivity index (χ1n) is 8.48. The van der Waals surface area contributed by atoms with Gasteiger partial charge in [-0.25, -0.2) is 4.98 Å². The molecule has 3 rings (SSSR count). The van der Waals surface area contributed by atoms with E-state index in [-0.39, 0.29) is 17.4 Å². The summed E-state index contributed by atoms with van der Waals surface area (Å²) in [5.41, 5.74) is -0.447. The van der Waals surface area contributed by atoms with Crippen molar-refractivity contribution in [3.05, 3.63) is 76.1 Å². The summed E-state index contributed by atoms with van der Waals surface area (Å²) in [7, 11) is 0. The van der Waals surface area contributed by atoms with Crippen LogP contribution in [0.2, 0.25) is 0 Å². The van der Waals surface area contributed by atoms with E-state index < -0.39 is 22.4 Å². The monoisotopic (exact) mass is 404 g/mol. The van der Waals surface area contributed by atoms with E-state index in [9.17, 15) is 23.3 Å². The van der Waals surface area contributed by atoms with Crippen LogP contribution in [0.4, 0.5) is 30.4 Å². The zero-order valence-electron chi connectivity index (χ0n) is 15.1. The maximum Gasteiger partial charge on any atom is 0.416 e. The van der Waals surface area contributed by atoms with Gasteiger partial charge < -0.3 is 10.1 Å². The van der Waals surface area contributed by atoms with Crippen LogP contribution in [0.3, 0.4) is 0 Å². The van der Waals surface area contributed by atoms with Gasteiger partial charge in [0.25, 0.3) is 0 Å². The Morgan fingerprint density at radius 3 is 2.48 bits per heavy atom. The van der Waals surface area contributed by atoms with Crippen molar-refractivity contribution < 1.29 is 22.8 Å². The van der Waals surface area contributed by atoms with Crippen molar-refractivity contribution in [1.29, 1.82) is 0 Å². The molecule has 0 aliphatic heterocycles. The minimum Gasteiger partial charge on any atom is -0.434 e. The molecule has 10 heteroatoms. The molecule has 0 aliphatic carbocycles. The van der Waals surface area contributed by atoms with Gasteiger partial charge in [0.05, 0.1) is 10.5 Å². The molecule has 0 saturated carbocycles. The van der Waals surface area contributed by atoms with Gasteiger partial charge in [0.2, 0.25) is 5.82 Å². The second kappa shape index (κ2) is 8.13. The minimum absolute atomic E-state index is 0.0140. The molecule has 1 N–H and O–H groups in total. The number of halogens is 3. The van der Waals surface area contributed by atoms with E-state index in [1.807, 2.05) is 19.1 Å². The summed E-state index contributed by atoms with van der Waals surface area (Å²) in [4.78, 5) is 18.4. The van der Waals surface area contributed by atoms with Crippen LogP contribution >= 0.6 is 0 Å². The predicted octanol–water partition coefficient (Wildman–Crippen LogP) is 5.50. The topological polar surface area (TPSA) is 90.2 Å². The second-order valence-electron chi connectivity index (χ2n) is 5.94. The van der Waals surface area contributed by atoms with Gasteiger partial charge in [-0.05, 0) is 42.3 Å². The van der Waals surface area contributed by atoms with Crippen molar-refractivity contribution in [1.82, 2.24) is 9.97 Å². The van der Waals surface area contributed by atoms with Gasteiger partial charge >= 0.3 is 17.7 Å². The molecule has 2 aromatic carbocycles. The van der Waals surface area contributed by atoms with Gasteiger partial charge in [0.15, 0.2) is 0 Å². The molecule has 0 aliphatic rings. The molecule has 0 atom stereocenters. The van der Waals surface area contributed by atoms with Crippen LogP contribution in [0.25, 0.3) is 0 Å². The van der Waals surface area contributed by atoms with E-state index in [0.717, 1.165) is 30.4 Å². The van der Waals surface area contributed by atoms with Crippen molar-refractivity contribution in [2.24, 2.45) is 0 Å². The SMILES string of the molecule is CCc1ccc(Oc2ncnc(Nc3cccc(C(F)(F)F)c3)c2[N+](=O)[O-])cc1. The zero-order valence-corrected chi connectivity index (χ0v) is 15.1. The molecule has 7 nitrogen and oxygen atoms in total. The van der Waals surface area contributed by atoms with Crippen LogP contribution in [-0.2, 0) is 12.6 Å². The number of anilines is 2. The van der Waals surface area contributed by atoms with Crippen LogP contribution in [0.1, 0.15) is 18.1 Å². The molecule has 0 unspecified atom stereocenters. The van der Waals surface area contributed by atoms with Gasteiger partial charge in [-0.1, -0.05) is 25.1 Å². The average Bonchev–Trinajstić information content (AvgIpc) is 2.68. The molecule has 0 bridgehead atoms. The Bertz CT molecular complexity index is 1020. The summed E-state index contributed by atoms with van der Waals surface area (Å²) in [5, 5.41) is 14.1. The summed E-state index contributed by atoms with van der Waals surface area (Å²) in [5.74, 6) is -0.290. The fourth-order valence-corrected chi connectivity index (χ4v) is 2.51. The standard InChI is InChI=1S/C19H15F3N4O3/c1-2-12-6-8-15(9-7-12)29-18-16(26(27)28)17(23-11-24-18)25-14-5-3-4-13(10-14)19(20,21)22/h3-11H,2H2,1H3,(H,23,24,25). The smallest absolute Gasteiger partial charge is 0.416 e. The number of hydrogen-bond acceptors (Lipinski definition) is 6. The van der Waals surface area contributed by atoms with E-state index >= 15 is 0 Å². The highest BCUT2D eigenvalue weighted by molar-refractivity contribution is 5.69. The Labute approximate surface area is 163 Å². The lowest BCUT2D eigenvalue weighted by molar-refractivity contribution is -0.385. The average molecular weight is 404 g/mol. The Balaban J connectivity index is 1.93. The quantitative estimate of drug-likeness (QED) is 0.431. The molecule has 1 heterocycles. The van der Waals surface area contributed by atoms with Gasteiger partial charge in [-0.2, -0.15) is 18.2 Å². The van der Waals surface area contributed by atoms with Crippen molar-refractivity contribution in [2.75, 3.05) is 5.32 Å². The van der Waals surface area contributed by atoms with Crippen molar-refractivity contribution in [2.45, 2.75) is 19.5 Å². The van der Waals surface area contributed by atoms with Gasteiger partial charge in [-0.15, -0.1) is 0 Å². The van der Waals surface area contributed by atoms with Gasteiger partial charge in [0, 0.05) is 5.69 Å². The zero-order chi connectivity index (χ0) is 21.0. The third-order valence-corrected chi connectivity index (χ3v) is 3.97. The third-order valence-electron chi connectivity index (χ3n) is 3.97. The van der Waals surface area contributed by atoms with Crippen molar-refractivity contribution in [3.63, 3.8) is 0 Å². The number of alkyl halides is 3. The Morgan fingerprint density at radius 2 is 1.86 bits per heavy atom. The molecular formula is C19H15F3N4O3. The largest absolute Gasteiger partial charge is 0.434 e. The molecule has 150 valence electrons. The number of nitrogens with zero attached hydrogens (tertiary/aromatic N) is 3. The lowest BCUT2D eigenvalue weighted by Crippen LogP contribution is -2.06. The summed E-state index contributed by atoms with van der Waals surface area (Å²) in [6, 6.07) is 11.2. The minimum atomic E-state index is -4.55. The predicted molar refractivity (Wildman–Crippen MR) is 99.3 cm³/mol. The van der Waals surface area contributed by atoms with E-state index in [4.69, 9.17) is 4.74 Å². The third kappa shape index (κ3) is 4.78. The molecule has 0 saturated heterocycles. The number of hydrogen-bond donors (Lipinski definition) is 1. The number of benzene rings is 2. The van der Waals surface area contributed by atoms with E-state index in [2.05, 4.69) is 15.3 Å². The Kier molecular flexibility index (Phi) is 5.62. The molecule has 29 heavy (non-hydrogen) atoms. The highest BCUT2D eigenvalue weighted by Crippen LogP contribution is 2.36. The van der Waals surface area contributed by atoms with Crippen molar-refractivity contribution >= 4 is 17.2 Å². The number of nitro groups is 1. The molecule has 0 fully saturated rings. The highest BCUT2D eigenvalue weighted by atomic mass is 19.4. The fourth-order valence-electron chi connectivity index (χ4n) is 2.51. The Morgan fingerprint density at radius 1 is 1.14 bits per heavy atom. The van der Waals surface area contributed by atoms with Crippen LogP contribution in [0.15, 0.2) is 54.9 Å². The van der Waals surface area contributed by atoms with E-state index in [1.54, 1.807) is 12.1 Å². The first-order valence-corrected chi connectivity index (χ1v) is 8.48. The molecule has 3 aromatic rings. The lowest BCUT2D eigenvalue weighted by Gasteiger charge is -2.11. The second-order valence-corrected chi connectivity index (χ2v) is 5.94. The van der Waals surface area contributed by atoms with E-state index in [1.165, 1.54) is 12.1 Å². The van der Waals surface area contributed by atoms with Crippen molar-refractivity contribution in [3.8, 4) is 11.6 Å². The van der Waals surface area contributed by atoms with E-state index in [0.29, 0.717) is 5.75 Å².